The van der Waals surface area contributed by atoms with Gasteiger partial charge >= 0.3 is 5.97 Å². The maximum absolute atomic E-state index is 13.7. The number of aliphatic hydroxyl groups is 1. The minimum absolute atomic E-state index is 0.330. The number of ether oxygens (including phenoxy) is 1. The summed E-state index contributed by atoms with van der Waals surface area (Å²) in [6, 6.07) is 19.9. The second kappa shape index (κ2) is 8.70. The summed E-state index contributed by atoms with van der Waals surface area (Å²) in [7, 11) is -2.96. The number of rotatable bonds is 7. The number of hydrogen-bond donors (Lipinski definition) is 1. The van der Waals surface area contributed by atoms with Gasteiger partial charge in [0.25, 0.3) is 0 Å². The van der Waals surface area contributed by atoms with Crippen LogP contribution in [0.1, 0.15) is 41.5 Å². The van der Waals surface area contributed by atoms with Crippen LogP contribution in [0.4, 0.5) is 0 Å². The molecule has 0 bridgehead atoms. The number of esters is 1. The van der Waals surface area contributed by atoms with Gasteiger partial charge in [-0.1, -0.05) is 88.0 Å². The fraction of sp³-hybridized carbons (Fsp3) is 0.360. The highest BCUT2D eigenvalue weighted by molar-refractivity contribution is 7.11. The number of ketones is 1. The lowest BCUT2D eigenvalue weighted by Crippen LogP contribution is -2.68. The highest BCUT2D eigenvalue weighted by Gasteiger charge is 2.55. The van der Waals surface area contributed by atoms with E-state index in [-0.39, 0.29) is 5.04 Å². The van der Waals surface area contributed by atoms with Crippen molar-refractivity contribution < 1.29 is 19.4 Å². The van der Waals surface area contributed by atoms with Gasteiger partial charge in [0, 0.05) is 6.92 Å². The summed E-state index contributed by atoms with van der Waals surface area (Å²) in [5, 5.41) is 13.3. The molecular weight excluding hydrogens is 392 g/mol. The van der Waals surface area contributed by atoms with Gasteiger partial charge < -0.3 is 9.84 Å². The van der Waals surface area contributed by atoms with E-state index < -0.39 is 31.5 Å². The third kappa shape index (κ3) is 4.18. The Labute approximate surface area is 180 Å². The van der Waals surface area contributed by atoms with Crippen molar-refractivity contribution in [1.82, 2.24) is 0 Å². The van der Waals surface area contributed by atoms with E-state index in [0.29, 0.717) is 5.20 Å². The summed E-state index contributed by atoms with van der Waals surface area (Å²) in [4.78, 5) is 25.2. The molecule has 0 unspecified atom stereocenters. The van der Waals surface area contributed by atoms with Gasteiger partial charge in [0.1, 0.15) is 6.10 Å². The number of benzene rings is 2. The summed E-state index contributed by atoms with van der Waals surface area (Å²) in [6.07, 6.45) is -1.00. The third-order valence-corrected chi connectivity index (χ3v) is 11.6. The van der Waals surface area contributed by atoms with Crippen molar-refractivity contribution in [3.63, 3.8) is 0 Å². The van der Waals surface area contributed by atoms with Crippen LogP contribution in [-0.2, 0) is 14.3 Å². The van der Waals surface area contributed by atoms with Crippen LogP contribution in [0, 0.1) is 0 Å². The van der Waals surface area contributed by atoms with Crippen LogP contribution in [0.3, 0.4) is 0 Å². The van der Waals surface area contributed by atoms with Crippen molar-refractivity contribution >= 4 is 30.2 Å². The van der Waals surface area contributed by atoms with E-state index >= 15 is 0 Å². The van der Waals surface area contributed by atoms with Crippen LogP contribution >= 0.6 is 0 Å². The standard InChI is InChI=1S/C25H32O4Si/c1-18(23(27)25(7,28)19(2)29-20(3)26)30(24(4,5)6,21-14-10-8-11-15-21)22-16-12-9-13-17-22/h8-17,19,28H,1H2,2-7H3/t19-,25-/m1/s1. The molecule has 1 N–H and O–H groups in total. The highest BCUT2D eigenvalue weighted by Crippen LogP contribution is 2.41. The zero-order chi connectivity index (χ0) is 22.7. The van der Waals surface area contributed by atoms with E-state index in [1.807, 2.05) is 60.7 Å². The van der Waals surface area contributed by atoms with Crippen LogP contribution in [0.15, 0.2) is 72.4 Å². The molecule has 0 heterocycles. The summed E-state index contributed by atoms with van der Waals surface area (Å²) < 4.78 is 5.16. The second-order valence-electron chi connectivity index (χ2n) is 8.94. The Morgan fingerprint density at radius 1 is 0.933 bits per heavy atom. The van der Waals surface area contributed by atoms with Crippen molar-refractivity contribution in [3.8, 4) is 0 Å². The van der Waals surface area contributed by atoms with Crippen LogP contribution in [0.2, 0.25) is 5.04 Å². The van der Waals surface area contributed by atoms with E-state index in [9.17, 15) is 14.7 Å². The smallest absolute Gasteiger partial charge is 0.303 e. The zero-order valence-corrected chi connectivity index (χ0v) is 19.7. The fourth-order valence-electron chi connectivity index (χ4n) is 4.23. The molecule has 2 rings (SSSR count). The van der Waals surface area contributed by atoms with Crippen LogP contribution in [0.5, 0.6) is 0 Å². The number of hydrogen-bond acceptors (Lipinski definition) is 4. The average Bonchev–Trinajstić information content (AvgIpc) is 2.67. The molecule has 2 atom stereocenters. The van der Waals surface area contributed by atoms with Gasteiger partial charge in [-0.2, -0.15) is 0 Å². The first kappa shape index (κ1) is 23.8. The van der Waals surface area contributed by atoms with Gasteiger partial charge in [0.2, 0.25) is 0 Å². The van der Waals surface area contributed by atoms with Crippen molar-refractivity contribution in [2.45, 2.75) is 58.3 Å². The summed E-state index contributed by atoms with van der Waals surface area (Å²) in [6.45, 7) is 14.8. The van der Waals surface area contributed by atoms with Crippen molar-refractivity contribution in [1.29, 1.82) is 0 Å². The maximum atomic E-state index is 13.7. The van der Waals surface area contributed by atoms with Crippen LogP contribution in [0.25, 0.3) is 0 Å². The summed E-state index contributed by atoms with van der Waals surface area (Å²) in [5.74, 6) is -1.04. The molecule has 0 aliphatic rings. The van der Waals surface area contributed by atoms with Gasteiger partial charge in [0.05, 0.1) is 0 Å². The fourth-order valence-corrected chi connectivity index (χ4v) is 9.88. The Morgan fingerprint density at radius 2 is 1.33 bits per heavy atom. The lowest BCUT2D eigenvalue weighted by atomic mass is 9.94. The van der Waals surface area contributed by atoms with Crippen molar-refractivity contribution in [2.24, 2.45) is 0 Å². The maximum Gasteiger partial charge on any atom is 0.303 e. The Bertz CT molecular complexity index is 872. The predicted octanol–water partition coefficient (Wildman–Crippen LogP) is 3.42. The third-order valence-electron chi connectivity index (χ3n) is 5.86. The van der Waals surface area contributed by atoms with Crippen molar-refractivity contribution in [3.05, 3.63) is 72.4 Å². The molecule has 0 aliphatic carbocycles. The van der Waals surface area contributed by atoms with Gasteiger partial charge in [-0.3, -0.25) is 9.59 Å². The monoisotopic (exact) mass is 424 g/mol. The molecule has 0 saturated heterocycles. The molecule has 0 aliphatic heterocycles. The molecule has 0 saturated carbocycles. The molecule has 0 aromatic heterocycles. The van der Waals surface area contributed by atoms with E-state index in [0.717, 1.165) is 10.4 Å². The van der Waals surface area contributed by atoms with Crippen LogP contribution in [-0.4, -0.2) is 36.6 Å². The normalized spacial score (nSPS) is 15.0. The highest BCUT2D eigenvalue weighted by atomic mass is 28.3. The SMILES string of the molecule is C=C(C(=O)[C@](C)(O)[C@@H](C)OC(C)=O)[Si](c1ccccc1)(c1ccccc1)C(C)(C)C. The molecule has 0 amide bonds. The second-order valence-corrected chi connectivity index (χ2v) is 13.7. The summed E-state index contributed by atoms with van der Waals surface area (Å²) in [5.41, 5.74) is -1.89. The van der Waals surface area contributed by atoms with E-state index in [1.165, 1.54) is 20.8 Å². The number of Topliss-reactive ketones (excluding diaryl/α,β-unsaturated/α-hetero) is 1. The van der Waals surface area contributed by atoms with Crippen molar-refractivity contribution in [2.75, 3.05) is 0 Å². The predicted molar refractivity (Wildman–Crippen MR) is 124 cm³/mol. The quantitative estimate of drug-likeness (QED) is 0.420. The summed E-state index contributed by atoms with van der Waals surface area (Å²) >= 11 is 0. The molecule has 30 heavy (non-hydrogen) atoms. The first-order valence-electron chi connectivity index (χ1n) is 10.1. The minimum atomic E-state index is -2.96. The first-order valence-corrected chi connectivity index (χ1v) is 12.1. The van der Waals surface area contributed by atoms with Gasteiger partial charge in [-0.15, -0.1) is 0 Å². The molecule has 5 heteroatoms. The Hall–Kier alpha value is -2.50. The lowest BCUT2D eigenvalue weighted by Gasteiger charge is -2.46. The number of carbonyl (C=O) groups is 2. The largest absolute Gasteiger partial charge is 0.459 e. The van der Waals surface area contributed by atoms with Gasteiger partial charge in [-0.25, -0.2) is 0 Å². The van der Waals surface area contributed by atoms with Gasteiger partial charge in [-0.05, 0) is 34.5 Å². The molecule has 0 radical (unpaired) electrons. The van der Waals surface area contributed by atoms with Gasteiger partial charge in [0.15, 0.2) is 19.5 Å². The molecule has 160 valence electrons. The Balaban J connectivity index is 2.76. The molecule has 2 aromatic carbocycles. The topological polar surface area (TPSA) is 63.6 Å². The number of carbonyl (C=O) groups excluding carboxylic acids is 2. The molecule has 4 nitrogen and oxygen atoms in total. The molecule has 0 fully saturated rings. The molecule has 2 aromatic rings. The first-order chi connectivity index (χ1) is 13.9. The van der Waals surface area contributed by atoms with E-state index in [2.05, 4.69) is 27.4 Å². The Morgan fingerprint density at radius 3 is 1.67 bits per heavy atom. The van der Waals surface area contributed by atoms with E-state index in [1.54, 1.807) is 0 Å². The minimum Gasteiger partial charge on any atom is -0.459 e. The molecular formula is C25H32O4Si. The van der Waals surface area contributed by atoms with Crippen LogP contribution < -0.4 is 10.4 Å². The van der Waals surface area contributed by atoms with E-state index in [4.69, 9.17) is 4.74 Å². The average molecular weight is 425 g/mol. The lowest BCUT2D eigenvalue weighted by molar-refractivity contribution is -0.163. The molecule has 0 spiro atoms. The Kier molecular flexibility index (Phi) is 6.89. The zero-order valence-electron chi connectivity index (χ0n) is 18.7.